The van der Waals surface area contributed by atoms with Gasteiger partial charge >= 0.3 is 0 Å². The van der Waals surface area contributed by atoms with Gasteiger partial charge in [-0.25, -0.2) is 4.98 Å². The fourth-order valence-corrected chi connectivity index (χ4v) is 7.98. The van der Waals surface area contributed by atoms with Crippen molar-refractivity contribution < 1.29 is 8.85 Å². The van der Waals surface area contributed by atoms with Crippen molar-refractivity contribution in [3.8, 4) is 17.3 Å². The van der Waals surface area contributed by atoms with E-state index in [-0.39, 0.29) is 12.1 Å². The Balaban J connectivity index is 1.15. The Morgan fingerprint density at radius 3 is 2.44 bits per heavy atom. The van der Waals surface area contributed by atoms with Crippen molar-refractivity contribution in [3.63, 3.8) is 0 Å². The van der Waals surface area contributed by atoms with Crippen LogP contribution in [0.25, 0.3) is 27.6 Å². The monoisotopic (exact) mass is 517 g/mol. The zero-order valence-corrected chi connectivity index (χ0v) is 22.2. The van der Waals surface area contributed by atoms with Crippen LogP contribution >= 0.6 is 0 Å². The number of likely N-dealkylation sites (N-methyl/N-ethyl adjacent to an activating group) is 1. The molecule has 3 heterocycles. The molecule has 0 amide bonds. The van der Waals surface area contributed by atoms with Crippen LogP contribution in [-0.4, -0.2) is 40.2 Å². The highest BCUT2D eigenvalue weighted by Crippen LogP contribution is 2.57. The number of hydrogen-bond acceptors (Lipinski definition) is 4. The quantitative estimate of drug-likeness (QED) is 0.250. The van der Waals surface area contributed by atoms with Crippen molar-refractivity contribution in [2.75, 3.05) is 18.5 Å². The first kappa shape index (κ1) is 20.1. The van der Waals surface area contributed by atoms with Crippen molar-refractivity contribution in [2.45, 2.75) is 32.4 Å². The summed E-state index contributed by atoms with van der Waals surface area (Å²) in [6.45, 7) is 2.96. The van der Waals surface area contributed by atoms with Crippen LogP contribution in [0.2, 0.25) is 0 Å². The highest BCUT2D eigenvalue weighted by molar-refractivity contribution is 6.09. The highest BCUT2D eigenvalue weighted by atomic mass is 16.5. The zero-order valence-electron chi connectivity index (χ0n) is 25.2. The van der Waals surface area contributed by atoms with Gasteiger partial charge < -0.3 is 9.64 Å². The van der Waals surface area contributed by atoms with E-state index >= 15 is 0 Å². The van der Waals surface area contributed by atoms with E-state index in [2.05, 4.69) is 76.8 Å². The van der Waals surface area contributed by atoms with Gasteiger partial charge in [-0.1, -0.05) is 44.2 Å². The SMILES string of the molecule is [2H]C([2H])([2H])N1CN(c2cccc(Oc3ccc4c5ccccc5n(-c5ccccn5)c4c3)c2)[C@@H]2C1C1C[C@H]2C(C)C1C. The normalized spacial score (nSPS) is 29.5. The van der Waals surface area contributed by atoms with Gasteiger partial charge in [0.15, 0.2) is 0 Å². The Labute approximate surface area is 233 Å². The van der Waals surface area contributed by atoms with Gasteiger partial charge in [0.1, 0.15) is 17.3 Å². The molecule has 2 saturated carbocycles. The molecule has 5 heteroatoms. The largest absolute Gasteiger partial charge is 0.457 e. The number of rotatable bonds is 4. The molecular formula is C34H34N4O. The third-order valence-electron chi connectivity index (χ3n) is 9.88. The number of aromatic nitrogens is 2. The first-order chi connectivity index (χ1) is 20.3. The summed E-state index contributed by atoms with van der Waals surface area (Å²) in [7, 11) is 0. The molecule has 3 fully saturated rings. The second kappa shape index (κ2) is 8.59. The number of fused-ring (bicyclic) bond motifs is 8. The van der Waals surface area contributed by atoms with E-state index < -0.39 is 6.98 Å². The first-order valence-electron chi connectivity index (χ1n) is 15.6. The molecule has 5 aromatic rings. The van der Waals surface area contributed by atoms with E-state index in [1.165, 1.54) is 5.39 Å². The summed E-state index contributed by atoms with van der Waals surface area (Å²) in [4.78, 5) is 8.75. The fraction of sp³-hybridized carbons (Fsp3) is 0.324. The summed E-state index contributed by atoms with van der Waals surface area (Å²) in [5.74, 6) is 4.41. The van der Waals surface area contributed by atoms with Crippen molar-refractivity contribution in [1.82, 2.24) is 14.5 Å². The fourth-order valence-electron chi connectivity index (χ4n) is 7.98. The van der Waals surface area contributed by atoms with Crippen LogP contribution in [0.3, 0.4) is 0 Å². The number of ether oxygens (including phenoxy) is 1. The summed E-state index contributed by atoms with van der Waals surface area (Å²) in [6, 6.07) is 29.0. The van der Waals surface area contributed by atoms with E-state index in [9.17, 15) is 0 Å². The minimum Gasteiger partial charge on any atom is -0.457 e. The van der Waals surface area contributed by atoms with Crippen molar-refractivity contribution in [2.24, 2.45) is 23.7 Å². The second-order valence-corrected chi connectivity index (χ2v) is 11.7. The number of benzene rings is 3. The average Bonchev–Trinajstić information content (AvgIpc) is 3.72. The van der Waals surface area contributed by atoms with E-state index in [4.69, 9.17) is 8.85 Å². The topological polar surface area (TPSA) is 33.5 Å². The van der Waals surface area contributed by atoms with E-state index in [1.54, 1.807) is 4.90 Å². The molecule has 3 aliphatic rings. The predicted molar refractivity (Wildman–Crippen MR) is 158 cm³/mol. The lowest BCUT2D eigenvalue weighted by Gasteiger charge is -2.39. The number of anilines is 1. The van der Waals surface area contributed by atoms with E-state index in [0.29, 0.717) is 30.3 Å². The summed E-state index contributed by atoms with van der Waals surface area (Å²) < 4.78 is 33.6. The molecule has 0 spiro atoms. The van der Waals surface area contributed by atoms with Crippen LogP contribution in [0.4, 0.5) is 5.69 Å². The standard InChI is InChI=1S/C34H34N4O/c1-21-22(2)29-19-28(21)33-34(29)37(20-36(33)3)23-9-8-10-24(17-23)39-25-14-15-27-26-11-4-5-12-30(26)38(31(27)18-25)32-13-6-7-16-35-32/h4-18,21-22,28-29,33-34H,19-20H2,1-3H3/t21?,22?,28?,29-,33?,34-/m0/s1/i3D3. The maximum Gasteiger partial charge on any atom is 0.137 e. The third kappa shape index (κ3) is 3.39. The minimum atomic E-state index is -2.11. The Morgan fingerprint density at radius 1 is 0.795 bits per heavy atom. The van der Waals surface area contributed by atoms with Crippen molar-refractivity contribution >= 4 is 27.5 Å². The zero-order chi connectivity index (χ0) is 28.7. The molecular weight excluding hydrogens is 480 g/mol. The van der Waals surface area contributed by atoms with Crippen molar-refractivity contribution in [1.29, 1.82) is 0 Å². The van der Waals surface area contributed by atoms with Crippen LogP contribution in [0.1, 0.15) is 24.4 Å². The molecule has 2 aromatic heterocycles. The second-order valence-electron chi connectivity index (χ2n) is 11.7. The molecule has 2 bridgehead atoms. The Hall–Kier alpha value is -3.83. The molecule has 0 radical (unpaired) electrons. The lowest BCUT2D eigenvalue weighted by Crippen LogP contribution is -2.46. The molecule has 39 heavy (non-hydrogen) atoms. The molecule has 8 rings (SSSR count). The van der Waals surface area contributed by atoms with Crippen molar-refractivity contribution in [3.05, 3.63) is 91.1 Å². The molecule has 1 saturated heterocycles. The molecule has 4 unspecified atom stereocenters. The maximum atomic E-state index is 8.31. The number of hydrogen-bond donors (Lipinski definition) is 0. The van der Waals surface area contributed by atoms with Crippen LogP contribution in [0.15, 0.2) is 91.1 Å². The third-order valence-corrected chi connectivity index (χ3v) is 9.88. The maximum absolute atomic E-state index is 8.31. The van der Waals surface area contributed by atoms with Gasteiger partial charge in [-0.05, 0) is 79.5 Å². The summed E-state index contributed by atoms with van der Waals surface area (Å²) in [5.41, 5.74) is 3.15. The van der Waals surface area contributed by atoms with Gasteiger partial charge in [-0.15, -0.1) is 0 Å². The van der Waals surface area contributed by atoms with E-state index in [1.807, 2.05) is 42.6 Å². The highest BCUT2D eigenvalue weighted by Gasteiger charge is 2.60. The number of pyridine rings is 1. The van der Waals surface area contributed by atoms with Crippen LogP contribution in [0, 0.1) is 23.7 Å². The van der Waals surface area contributed by atoms with E-state index in [0.717, 1.165) is 45.8 Å². The summed E-state index contributed by atoms with van der Waals surface area (Å²) in [6.07, 6.45) is 2.93. The molecule has 3 aromatic carbocycles. The molecule has 6 atom stereocenters. The lowest BCUT2D eigenvalue weighted by atomic mass is 9.76. The summed E-state index contributed by atoms with van der Waals surface area (Å²) >= 11 is 0. The molecule has 2 aliphatic carbocycles. The van der Waals surface area contributed by atoms with Gasteiger partial charge in [0.2, 0.25) is 0 Å². The average molecular weight is 518 g/mol. The summed E-state index contributed by atoms with van der Waals surface area (Å²) in [5, 5.41) is 2.31. The first-order valence-corrected chi connectivity index (χ1v) is 14.1. The molecule has 196 valence electrons. The van der Waals surface area contributed by atoms with Gasteiger partial charge in [-0.3, -0.25) is 9.47 Å². The van der Waals surface area contributed by atoms with Crippen LogP contribution < -0.4 is 9.64 Å². The predicted octanol–water partition coefficient (Wildman–Crippen LogP) is 7.34. The molecule has 1 aliphatic heterocycles. The minimum absolute atomic E-state index is 0.0641. The lowest BCUT2D eigenvalue weighted by molar-refractivity contribution is 0.148. The van der Waals surface area contributed by atoms with Crippen LogP contribution in [-0.2, 0) is 0 Å². The van der Waals surface area contributed by atoms with Gasteiger partial charge in [-0.2, -0.15) is 0 Å². The smallest absolute Gasteiger partial charge is 0.137 e. The van der Waals surface area contributed by atoms with Gasteiger partial charge in [0.05, 0.1) is 17.7 Å². The number of nitrogens with zero attached hydrogens (tertiary/aromatic N) is 4. The molecule has 5 nitrogen and oxygen atoms in total. The Morgan fingerprint density at radius 2 is 1.59 bits per heavy atom. The Bertz CT molecular complexity index is 1800. The van der Waals surface area contributed by atoms with Gasteiger partial charge in [0.25, 0.3) is 0 Å². The van der Waals surface area contributed by atoms with Gasteiger partial charge in [0, 0.05) is 51.0 Å². The molecule has 0 N–H and O–H groups in total. The van der Waals surface area contributed by atoms with Crippen LogP contribution in [0.5, 0.6) is 11.5 Å². The Kier molecular flexibility index (Phi) is 4.43. The number of para-hydroxylation sites is 1.